The third-order valence-corrected chi connectivity index (χ3v) is 5.22. The highest BCUT2D eigenvalue weighted by molar-refractivity contribution is 7.85. The lowest BCUT2D eigenvalue weighted by Gasteiger charge is -2.14. The second-order valence-corrected chi connectivity index (χ2v) is 10.2. The zero-order valence-corrected chi connectivity index (χ0v) is 22.4. The summed E-state index contributed by atoms with van der Waals surface area (Å²) in [4.78, 5) is 36.9. The summed E-state index contributed by atoms with van der Waals surface area (Å²) >= 11 is 0. The highest BCUT2D eigenvalue weighted by Gasteiger charge is 2.19. The molecule has 0 radical (unpaired) electrons. The van der Waals surface area contributed by atoms with Crippen LogP contribution in [0.25, 0.3) is 11.1 Å². The number of aromatic carboxylic acids is 1. The van der Waals surface area contributed by atoms with Gasteiger partial charge in [-0.25, -0.2) is 4.79 Å². The summed E-state index contributed by atoms with van der Waals surface area (Å²) in [5, 5.41) is 22.9. The lowest BCUT2D eigenvalue weighted by atomic mass is 9.93. The summed E-state index contributed by atoms with van der Waals surface area (Å²) in [5.74, 6) is -1.92. The van der Waals surface area contributed by atoms with Gasteiger partial charge in [0.2, 0.25) is 5.91 Å². The van der Waals surface area contributed by atoms with Crippen LogP contribution in [0.3, 0.4) is 0 Å². The highest BCUT2D eigenvalue weighted by Crippen LogP contribution is 2.29. The molecule has 3 aromatic carbocycles. The molecule has 0 fully saturated rings. The van der Waals surface area contributed by atoms with E-state index >= 15 is 0 Å². The van der Waals surface area contributed by atoms with Crippen LogP contribution < -0.4 is 16.4 Å². The number of amides is 2. The van der Waals surface area contributed by atoms with E-state index in [4.69, 9.17) is 15.7 Å². The number of nitrogens with one attached hydrogen (secondary N) is 3. The predicted octanol–water partition coefficient (Wildman–Crippen LogP) is 3.36. The molecule has 0 heterocycles. The van der Waals surface area contributed by atoms with Crippen LogP contribution in [0.15, 0.2) is 66.7 Å². The van der Waals surface area contributed by atoms with Crippen LogP contribution in [-0.2, 0) is 21.5 Å². The summed E-state index contributed by atoms with van der Waals surface area (Å²) in [7, 11) is -3.67. The molecule has 0 spiro atoms. The van der Waals surface area contributed by atoms with Crippen LogP contribution in [0.2, 0.25) is 0 Å². The molecule has 3 aromatic rings. The fourth-order valence-corrected chi connectivity index (χ4v) is 3.35. The monoisotopic (exact) mass is 554 g/mol. The minimum Gasteiger partial charge on any atom is -0.478 e. The number of carbonyl (C=O) groups is 3. The van der Waals surface area contributed by atoms with Gasteiger partial charge in [0.05, 0.1) is 11.8 Å². The third kappa shape index (κ3) is 9.68. The standard InChI is InChI=1S/C26H26N4O4.CH4O3S/c1-15(2)24(31)29-14-16-7-12-20(22(13-16)26(33)34)19-5-3-4-6-21(19)25(32)30-18-10-8-17(9-11-18)23(27)28;1-5(2,3)4/h3-13,15H,14H2,1-2H3,(H3,27,28)(H,29,31)(H,30,32)(H,33,34);1H3,(H,2,3,4). The van der Waals surface area contributed by atoms with Crippen molar-refractivity contribution in [3.05, 3.63) is 89.0 Å². The molecule has 11 nitrogen and oxygen atoms in total. The van der Waals surface area contributed by atoms with Crippen molar-refractivity contribution in [3.63, 3.8) is 0 Å². The molecule has 3 rings (SSSR count). The summed E-state index contributed by atoms with van der Waals surface area (Å²) in [6, 6.07) is 18.2. The van der Waals surface area contributed by atoms with Crippen LogP contribution in [0.4, 0.5) is 5.69 Å². The minimum absolute atomic E-state index is 0.0300. The summed E-state index contributed by atoms with van der Waals surface area (Å²) in [6.07, 6.45) is 0.715. The van der Waals surface area contributed by atoms with Crippen LogP contribution in [0.1, 0.15) is 45.7 Å². The fraction of sp³-hybridized carbons (Fsp3) is 0.185. The summed E-state index contributed by atoms with van der Waals surface area (Å²) in [5.41, 5.74) is 8.35. The van der Waals surface area contributed by atoms with Gasteiger partial charge in [0.15, 0.2) is 0 Å². The quantitative estimate of drug-likeness (QED) is 0.138. The number of nitrogen functional groups attached to an aromatic ring is 1. The molecule has 2 amide bonds. The molecule has 0 aliphatic heterocycles. The number of hydrogen-bond donors (Lipinski definition) is 6. The Balaban J connectivity index is 0.000000976. The molecular weight excluding hydrogens is 524 g/mol. The van der Waals surface area contributed by atoms with Gasteiger partial charge in [-0.3, -0.25) is 19.6 Å². The first-order chi connectivity index (χ1) is 18.2. The Kier molecular flexibility index (Phi) is 10.5. The predicted molar refractivity (Wildman–Crippen MR) is 148 cm³/mol. The molecule has 0 bridgehead atoms. The van der Waals surface area contributed by atoms with Gasteiger partial charge in [0.1, 0.15) is 5.84 Å². The van der Waals surface area contributed by atoms with Gasteiger partial charge in [-0.15, -0.1) is 0 Å². The van der Waals surface area contributed by atoms with E-state index in [1.54, 1.807) is 74.5 Å². The van der Waals surface area contributed by atoms with E-state index in [-0.39, 0.29) is 29.8 Å². The maximum absolute atomic E-state index is 13.0. The molecule has 7 N–H and O–H groups in total. The molecule has 0 saturated carbocycles. The highest BCUT2D eigenvalue weighted by atomic mass is 32.2. The van der Waals surface area contributed by atoms with Gasteiger partial charge in [0.25, 0.3) is 16.0 Å². The second-order valence-electron chi connectivity index (χ2n) is 8.78. The molecule has 0 atom stereocenters. The largest absolute Gasteiger partial charge is 0.478 e. The Morgan fingerprint density at radius 2 is 1.51 bits per heavy atom. The zero-order valence-electron chi connectivity index (χ0n) is 21.6. The molecule has 0 aliphatic rings. The van der Waals surface area contributed by atoms with Gasteiger partial charge >= 0.3 is 5.97 Å². The topological polar surface area (TPSA) is 200 Å². The molecule has 206 valence electrons. The van der Waals surface area contributed by atoms with Gasteiger partial charge < -0.3 is 21.5 Å². The average Bonchev–Trinajstić information content (AvgIpc) is 2.86. The summed E-state index contributed by atoms with van der Waals surface area (Å²) in [6.45, 7) is 3.76. The number of anilines is 1. The number of amidine groups is 1. The zero-order chi connectivity index (χ0) is 29.3. The maximum atomic E-state index is 13.0. The molecule has 39 heavy (non-hydrogen) atoms. The normalized spacial score (nSPS) is 10.7. The van der Waals surface area contributed by atoms with Gasteiger partial charge in [0, 0.05) is 29.3 Å². The van der Waals surface area contributed by atoms with E-state index in [1.807, 2.05) is 0 Å². The van der Waals surface area contributed by atoms with Crippen LogP contribution in [0, 0.1) is 11.3 Å². The number of benzene rings is 3. The van der Waals surface area contributed by atoms with Crippen LogP contribution in [0.5, 0.6) is 0 Å². The van der Waals surface area contributed by atoms with Gasteiger partial charge in [-0.05, 0) is 53.1 Å². The van der Waals surface area contributed by atoms with Crippen molar-refractivity contribution in [1.82, 2.24) is 5.32 Å². The maximum Gasteiger partial charge on any atom is 0.336 e. The van der Waals surface area contributed by atoms with Crippen molar-refractivity contribution in [3.8, 4) is 11.1 Å². The Morgan fingerprint density at radius 3 is 2.05 bits per heavy atom. The van der Waals surface area contributed by atoms with E-state index in [2.05, 4.69) is 10.6 Å². The molecule has 0 aromatic heterocycles. The lowest BCUT2D eigenvalue weighted by molar-refractivity contribution is -0.124. The number of hydrogen-bond acceptors (Lipinski definition) is 6. The second kappa shape index (κ2) is 13.3. The van der Waals surface area contributed by atoms with Crippen molar-refractivity contribution in [2.24, 2.45) is 11.7 Å². The van der Waals surface area contributed by atoms with Crippen molar-refractivity contribution < 1.29 is 32.5 Å². The number of nitrogens with two attached hydrogens (primary N) is 1. The number of rotatable bonds is 8. The summed E-state index contributed by atoms with van der Waals surface area (Å²) < 4.78 is 25.9. The number of carbonyl (C=O) groups excluding carboxylic acids is 2. The van der Waals surface area contributed by atoms with Crippen molar-refractivity contribution >= 4 is 39.4 Å². The molecule has 0 unspecified atom stereocenters. The van der Waals surface area contributed by atoms with Crippen LogP contribution in [-0.4, -0.2) is 48.0 Å². The van der Waals surface area contributed by atoms with Crippen LogP contribution >= 0.6 is 0 Å². The third-order valence-electron chi connectivity index (χ3n) is 5.22. The lowest BCUT2D eigenvalue weighted by Crippen LogP contribution is -2.27. The van der Waals surface area contributed by atoms with E-state index in [0.29, 0.717) is 39.8 Å². The minimum atomic E-state index is -3.67. The van der Waals surface area contributed by atoms with Crippen molar-refractivity contribution in [1.29, 1.82) is 5.41 Å². The molecule has 0 aliphatic carbocycles. The average molecular weight is 555 g/mol. The van der Waals surface area contributed by atoms with Gasteiger partial charge in [-0.2, -0.15) is 8.42 Å². The number of carboxylic acid groups (broad SMARTS) is 1. The Hall–Kier alpha value is -4.55. The van der Waals surface area contributed by atoms with E-state index in [9.17, 15) is 27.9 Å². The SMILES string of the molecule is CC(C)C(=O)NCc1ccc(-c2ccccc2C(=O)Nc2ccc(C(=N)N)cc2)c(C(=O)O)c1.CS(=O)(=O)O. The van der Waals surface area contributed by atoms with E-state index in [0.717, 1.165) is 0 Å². The molecular formula is C27H30N4O7S. The first-order valence-electron chi connectivity index (χ1n) is 11.6. The first kappa shape index (κ1) is 30.7. The fourth-order valence-electron chi connectivity index (χ4n) is 3.35. The molecule has 0 saturated heterocycles. The molecule has 12 heteroatoms. The number of carboxylic acids is 1. The smallest absolute Gasteiger partial charge is 0.336 e. The van der Waals surface area contributed by atoms with Gasteiger partial charge in [-0.1, -0.05) is 44.2 Å². The van der Waals surface area contributed by atoms with E-state index in [1.165, 1.54) is 6.07 Å². The Bertz CT molecular complexity index is 1480. The van der Waals surface area contributed by atoms with Crippen molar-refractivity contribution in [2.45, 2.75) is 20.4 Å². The van der Waals surface area contributed by atoms with Crippen molar-refractivity contribution in [2.75, 3.05) is 11.6 Å². The first-order valence-corrected chi connectivity index (χ1v) is 13.4. The Labute approximate surface area is 226 Å². The Morgan fingerprint density at radius 1 is 0.949 bits per heavy atom. The van der Waals surface area contributed by atoms with E-state index < -0.39 is 22.0 Å².